The molecule has 0 aromatic heterocycles. The molecule has 0 radical (unpaired) electrons. The van der Waals surface area contributed by atoms with Crippen LogP contribution in [0.5, 0.6) is 5.75 Å². The molecule has 116 valence electrons. The molecule has 0 saturated carbocycles. The molecule has 0 atom stereocenters. The number of ether oxygens (including phenoxy) is 1. The summed E-state index contributed by atoms with van der Waals surface area (Å²) in [5.74, 6) is -1.00. The van der Waals surface area contributed by atoms with Crippen molar-refractivity contribution in [3.05, 3.63) is 59.4 Å². The Kier molecular flexibility index (Phi) is 4.35. The lowest BCUT2D eigenvalue weighted by Crippen LogP contribution is -2.28. The zero-order valence-electron chi connectivity index (χ0n) is 12.7. The highest BCUT2D eigenvalue weighted by atomic mass is 19.1. The first-order chi connectivity index (χ1) is 10.3. The number of carbonyl (C=O) groups is 1. The topological polar surface area (TPSA) is 58.6 Å². The number of benzene rings is 2. The summed E-state index contributed by atoms with van der Waals surface area (Å²) in [4.78, 5) is 11.0. The van der Waals surface area contributed by atoms with Crippen LogP contribution in [0.25, 0.3) is 0 Å². The molecule has 0 unspecified atom stereocenters. The van der Waals surface area contributed by atoms with Gasteiger partial charge in [0.15, 0.2) is 0 Å². The van der Waals surface area contributed by atoms with E-state index in [2.05, 4.69) is 5.32 Å². The van der Waals surface area contributed by atoms with E-state index in [9.17, 15) is 9.18 Å². The van der Waals surface area contributed by atoms with Gasteiger partial charge in [-0.1, -0.05) is 12.1 Å². The van der Waals surface area contributed by atoms with Crippen molar-refractivity contribution in [3.63, 3.8) is 0 Å². The molecular formula is C17H18FNO3. The molecule has 5 heteroatoms. The smallest absolute Gasteiger partial charge is 0.335 e. The zero-order valence-corrected chi connectivity index (χ0v) is 12.7. The third-order valence-electron chi connectivity index (χ3n) is 3.41. The van der Waals surface area contributed by atoms with Crippen LogP contribution in [0.3, 0.4) is 0 Å². The molecule has 22 heavy (non-hydrogen) atoms. The van der Waals surface area contributed by atoms with Crippen LogP contribution in [-0.4, -0.2) is 18.2 Å². The Labute approximate surface area is 128 Å². The third-order valence-corrected chi connectivity index (χ3v) is 3.41. The first kappa shape index (κ1) is 15.8. The first-order valence-corrected chi connectivity index (χ1v) is 6.78. The summed E-state index contributed by atoms with van der Waals surface area (Å²) in [5.41, 5.74) is 0.788. The molecule has 0 aliphatic rings. The van der Waals surface area contributed by atoms with Gasteiger partial charge in [0.2, 0.25) is 0 Å². The van der Waals surface area contributed by atoms with Crippen molar-refractivity contribution in [2.24, 2.45) is 0 Å². The van der Waals surface area contributed by atoms with Crippen molar-refractivity contribution in [3.8, 4) is 5.75 Å². The molecule has 0 amide bonds. The van der Waals surface area contributed by atoms with E-state index >= 15 is 0 Å². The van der Waals surface area contributed by atoms with Crippen molar-refractivity contribution in [1.29, 1.82) is 0 Å². The van der Waals surface area contributed by atoms with Crippen LogP contribution in [0.2, 0.25) is 0 Å². The minimum Gasteiger partial charge on any atom is -0.497 e. The van der Waals surface area contributed by atoms with Crippen molar-refractivity contribution in [2.45, 2.75) is 19.4 Å². The van der Waals surface area contributed by atoms with Crippen LogP contribution >= 0.6 is 0 Å². The van der Waals surface area contributed by atoms with Gasteiger partial charge >= 0.3 is 5.97 Å². The SMILES string of the molecule is COc1ccc(C(C)(C)Nc2cc(F)cc(C(=O)O)c2)cc1. The maximum absolute atomic E-state index is 13.5. The Hall–Kier alpha value is -2.56. The number of nitrogens with one attached hydrogen (secondary N) is 1. The predicted octanol–water partition coefficient (Wildman–Crippen LogP) is 3.88. The average Bonchev–Trinajstić information content (AvgIpc) is 2.46. The van der Waals surface area contributed by atoms with Crippen molar-refractivity contribution >= 4 is 11.7 Å². The average molecular weight is 303 g/mol. The molecular weight excluding hydrogens is 285 g/mol. The highest BCUT2D eigenvalue weighted by molar-refractivity contribution is 5.88. The molecule has 0 saturated heterocycles. The lowest BCUT2D eigenvalue weighted by Gasteiger charge is -2.28. The van der Waals surface area contributed by atoms with Crippen LogP contribution < -0.4 is 10.1 Å². The standard InChI is InChI=1S/C17H18FNO3/c1-17(2,12-4-6-15(22-3)7-5-12)19-14-9-11(16(20)21)8-13(18)10-14/h4-10,19H,1-3H3,(H,20,21). The second kappa shape index (κ2) is 6.05. The Morgan fingerprint density at radius 1 is 1.18 bits per heavy atom. The highest BCUT2D eigenvalue weighted by Crippen LogP contribution is 2.28. The number of hydrogen-bond acceptors (Lipinski definition) is 3. The molecule has 0 heterocycles. The number of aromatic carboxylic acids is 1. The van der Waals surface area contributed by atoms with Gasteiger partial charge in [-0.3, -0.25) is 0 Å². The minimum atomic E-state index is -1.16. The van der Waals surface area contributed by atoms with Crippen molar-refractivity contribution in [2.75, 3.05) is 12.4 Å². The Bertz CT molecular complexity index is 681. The predicted molar refractivity (Wildman–Crippen MR) is 83.0 cm³/mol. The lowest BCUT2D eigenvalue weighted by atomic mass is 9.93. The lowest BCUT2D eigenvalue weighted by molar-refractivity contribution is 0.0696. The Morgan fingerprint density at radius 2 is 1.82 bits per heavy atom. The molecule has 0 aliphatic heterocycles. The molecule has 0 spiro atoms. The monoisotopic (exact) mass is 303 g/mol. The number of carboxylic acid groups (broad SMARTS) is 1. The van der Waals surface area contributed by atoms with E-state index in [0.717, 1.165) is 17.4 Å². The van der Waals surface area contributed by atoms with E-state index in [1.807, 2.05) is 38.1 Å². The third kappa shape index (κ3) is 3.55. The number of rotatable bonds is 5. The van der Waals surface area contributed by atoms with Gasteiger partial charge in [-0.15, -0.1) is 0 Å². The summed E-state index contributed by atoms with van der Waals surface area (Å²) in [5, 5.41) is 12.2. The van der Waals surface area contributed by atoms with Gasteiger partial charge in [0, 0.05) is 5.69 Å². The van der Waals surface area contributed by atoms with Gasteiger partial charge in [0.05, 0.1) is 18.2 Å². The van der Waals surface area contributed by atoms with E-state index in [1.54, 1.807) is 7.11 Å². The molecule has 2 aromatic rings. The summed E-state index contributed by atoms with van der Waals surface area (Å²) in [6, 6.07) is 11.2. The number of anilines is 1. The normalized spacial score (nSPS) is 11.1. The Balaban J connectivity index is 2.29. The van der Waals surface area contributed by atoms with E-state index in [0.29, 0.717) is 5.69 Å². The number of hydrogen-bond donors (Lipinski definition) is 2. The highest BCUT2D eigenvalue weighted by Gasteiger charge is 2.21. The van der Waals surface area contributed by atoms with E-state index in [4.69, 9.17) is 9.84 Å². The molecule has 0 bridgehead atoms. The van der Waals surface area contributed by atoms with Crippen LogP contribution in [-0.2, 0) is 5.54 Å². The van der Waals surface area contributed by atoms with Crippen LogP contribution in [0, 0.1) is 5.82 Å². The van der Waals surface area contributed by atoms with E-state index in [-0.39, 0.29) is 5.56 Å². The van der Waals surface area contributed by atoms with Crippen molar-refractivity contribution < 1.29 is 19.0 Å². The van der Waals surface area contributed by atoms with Gasteiger partial charge in [-0.25, -0.2) is 9.18 Å². The van der Waals surface area contributed by atoms with Crippen LogP contribution in [0.1, 0.15) is 29.8 Å². The largest absolute Gasteiger partial charge is 0.497 e. The zero-order chi connectivity index (χ0) is 16.3. The van der Waals surface area contributed by atoms with Gasteiger partial charge in [-0.2, -0.15) is 0 Å². The molecule has 2 N–H and O–H groups in total. The van der Waals surface area contributed by atoms with Crippen LogP contribution in [0.15, 0.2) is 42.5 Å². The fourth-order valence-electron chi connectivity index (χ4n) is 2.23. The second-order valence-electron chi connectivity index (χ2n) is 5.51. The minimum absolute atomic E-state index is 0.0898. The number of methoxy groups -OCH3 is 1. The maximum Gasteiger partial charge on any atom is 0.335 e. The fraction of sp³-hybridized carbons (Fsp3) is 0.235. The van der Waals surface area contributed by atoms with Gasteiger partial charge in [-0.05, 0) is 49.7 Å². The molecule has 4 nitrogen and oxygen atoms in total. The second-order valence-corrected chi connectivity index (χ2v) is 5.51. The fourth-order valence-corrected chi connectivity index (χ4v) is 2.23. The van der Waals surface area contributed by atoms with Gasteiger partial charge < -0.3 is 15.2 Å². The first-order valence-electron chi connectivity index (χ1n) is 6.78. The quantitative estimate of drug-likeness (QED) is 0.880. The van der Waals surface area contributed by atoms with Gasteiger partial charge in [0.1, 0.15) is 11.6 Å². The maximum atomic E-state index is 13.5. The summed E-state index contributed by atoms with van der Waals surface area (Å²) in [7, 11) is 1.60. The number of halogens is 1. The van der Waals surface area contributed by atoms with E-state index < -0.39 is 17.3 Å². The number of carboxylic acids is 1. The summed E-state index contributed by atoms with van der Waals surface area (Å²) in [6.45, 7) is 3.86. The molecule has 0 fully saturated rings. The Morgan fingerprint density at radius 3 is 2.36 bits per heavy atom. The van der Waals surface area contributed by atoms with Crippen molar-refractivity contribution in [1.82, 2.24) is 0 Å². The van der Waals surface area contributed by atoms with Gasteiger partial charge in [0.25, 0.3) is 0 Å². The van der Waals surface area contributed by atoms with E-state index in [1.165, 1.54) is 12.1 Å². The molecule has 2 rings (SSSR count). The molecule has 0 aliphatic carbocycles. The summed E-state index contributed by atoms with van der Waals surface area (Å²) >= 11 is 0. The molecule has 2 aromatic carbocycles. The summed E-state index contributed by atoms with van der Waals surface area (Å²) in [6.07, 6.45) is 0. The summed E-state index contributed by atoms with van der Waals surface area (Å²) < 4.78 is 18.7. The van der Waals surface area contributed by atoms with Crippen LogP contribution in [0.4, 0.5) is 10.1 Å².